The largest absolute Gasteiger partial charge is 0.508 e. The molecule has 0 spiro atoms. The second kappa shape index (κ2) is 6.23. The Hall–Kier alpha value is -2.60. The number of anilines is 1. The zero-order chi connectivity index (χ0) is 15.4. The highest BCUT2D eigenvalue weighted by atomic mass is 16.3. The molecule has 5 N–H and O–H groups in total. The number of phenols is 1. The molecule has 0 aliphatic rings. The number of amides is 1. The normalized spacial score (nSPS) is 11.9. The highest BCUT2D eigenvalue weighted by Crippen LogP contribution is 2.20. The van der Waals surface area contributed by atoms with E-state index in [1.54, 1.807) is 25.1 Å². The van der Waals surface area contributed by atoms with Crippen molar-refractivity contribution in [2.45, 2.75) is 19.4 Å². The lowest BCUT2D eigenvalue weighted by Crippen LogP contribution is -2.37. The summed E-state index contributed by atoms with van der Waals surface area (Å²) in [6.45, 7) is 1.76. The first kappa shape index (κ1) is 14.8. The molecular weight excluding hydrogens is 270 g/mol. The van der Waals surface area contributed by atoms with Gasteiger partial charge in [-0.3, -0.25) is 4.79 Å². The predicted molar refractivity (Wildman–Crippen MR) is 79.1 cm³/mol. The first-order valence-corrected chi connectivity index (χ1v) is 6.46. The molecule has 1 atom stereocenters. The van der Waals surface area contributed by atoms with E-state index in [9.17, 15) is 15.0 Å². The summed E-state index contributed by atoms with van der Waals surface area (Å²) in [4.78, 5) is 16.1. The summed E-state index contributed by atoms with van der Waals surface area (Å²) < 4.78 is 0. The molecule has 2 rings (SSSR count). The van der Waals surface area contributed by atoms with Gasteiger partial charge >= 0.3 is 0 Å². The molecule has 1 unspecified atom stereocenters. The Kier molecular flexibility index (Phi) is 4.39. The number of nitrogens with one attached hydrogen (secondary N) is 1. The molecule has 1 aromatic carbocycles. The number of aryl methyl sites for hydroxylation is 1. The molecule has 21 heavy (non-hydrogen) atoms. The summed E-state index contributed by atoms with van der Waals surface area (Å²) in [7, 11) is 0. The Morgan fingerprint density at radius 2 is 1.90 bits per heavy atom. The second-order valence-electron chi connectivity index (χ2n) is 4.79. The van der Waals surface area contributed by atoms with E-state index in [-0.39, 0.29) is 17.3 Å². The number of pyridine rings is 1. The summed E-state index contributed by atoms with van der Waals surface area (Å²) in [6, 6.07) is 8.79. The third kappa shape index (κ3) is 3.93. The van der Waals surface area contributed by atoms with Gasteiger partial charge < -0.3 is 21.3 Å². The van der Waals surface area contributed by atoms with Gasteiger partial charge in [0, 0.05) is 5.69 Å². The van der Waals surface area contributed by atoms with Crippen molar-refractivity contribution in [1.82, 2.24) is 4.98 Å². The number of rotatable bonds is 4. The first-order valence-electron chi connectivity index (χ1n) is 6.46. The van der Waals surface area contributed by atoms with Crippen molar-refractivity contribution >= 4 is 11.7 Å². The van der Waals surface area contributed by atoms with Crippen LogP contribution in [0.5, 0.6) is 11.5 Å². The molecule has 1 amide bonds. The lowest BCUT2D eigenvalue weighted by molar-refractivity contribution is -0.117. The van der Waals surface area contributed by atoms with Crippen LogP contribution in [0.1, 0.15) is 11.3 Å². The van der Waals surface area contributed by atoms with Gasteiger partial charge in [0.25, 0.3) is 0 Å². The van der Waals surface area contributed by atoms with Crippen molar-refractivity contribution in [1.29, 1.82) is 0 Å². The van der Waals surface area contributed by atoms with Gasteiger partial charge in [0.2, 0.25) is 5.91 Å². The molecular formula is C15H17N3O3. The molecule has 0 aliphatic carbocycles. The van der Waals surface area contributed by atoms with Crippen molar-refractivity contribution in [2.75, 3.05) is 5.32 Å². The zero-order valence-electron chi connectivity index (χ0n) is 11.6. The molecule has 0 saturated carbocycles. The van der Waals surface area contributed by atoms with Gasteiger partial charge in [-0.05, 0) is 43.2 Å². The van der Waals surface area contributed by atoms with Gasteiger partial charge in [-0.2, -0.15) is 0 Å². The van der Waals surface area contributed by atoms with Crippen LogP contribution in [0.3, 0.4) is 0 Å². The van der Waals surface area contributed by atoms with Crippen LogP contribution in [0.4, 0.5) is 5.82 Å². The first-order chi connectivity index (χ1) is 9.95. The molecule has 6 heteroatoms. The predicted octanol–water partition coefficient (Wildman–Crippen LogP) is 1.31. The van der Waals surface area contributed by atoms with Gasteiger partial charge in [-0.15, -0.1) is 0 Å². The van der Waals surface area contributed by atoms with E-state index in [4.69, 9.17) is 5.73 Å². The summed E-state index contributed by atoms with van der Waals surface area (Å²) >= 11 is 0. The molecule has 0 aliphatic heterocycles. The molecule has 1 heterocycles. The fourth-order valence-electron chi connectivity index (χ4n) is 1.83. The number of carbonyl (C=O) groups is 1. The molecule has 110 valence electrons. The average Bonchev–Trinajstić information content (AvgIpc) is 2.45. The Morgan fingerprint density at radius 3 is 2.57 bits per heavy atom. The fraction of sp³-hybridized carbons (Fsp3) is 0.200. The zero-order valence-corrected chi connectivity index (χ0v) is 11.6. The number of hydrogen-bond acceptors (Lipinski definition) is 5. The molecule has 0 radical (unpaired) electrons. The Morgan fingerprint density at radius 1 is 1.24 bits per heavy atom. The second-order valence-corrected chi connectivity index (χ2v) is 4.79. The molecule has 0 fully saturated rings. The number of carbonyl (C=O) groups excluding carboxylic acids is 1. The van der Waals surface area contributed by atoms with Gasteiger partial charge in [-0.1, -0.05) is 12.1 Å². The van der Waals surface area contributed by atoms with Crippen LogP contribution in [0.25, 0.3) is 0 Å². The van der Waals surface area contributed by atoms with Gasteiger partial charge in [0.1, 0.15) is 5.75 Å². The molecule has 6 nitrogen and oxygen atoms in total. The van der Waals surface area contributed by atoms with Crippen LogP contribution in [0.2, 0.25) is 0 Å². The number of benzene rings is 1. The van der Waals surface area contributed by atoms with Crippen LogP contribution < -0.4 is 11.1 Å². The van der Waals surface area contributed by atoms with Crippen molar-refractivity contribution in [3.05, 3.63) is 47.7 Å². The van der Waals surface area contributed by atoms with E-state index in [1.807, 2.05) is 0 Å². The molecule has 2 aromatic rings. The minimum atomic E-state index is -0.781. The number of hydrogen-bond donors (Lipinski definition) is 4. The van der Waals surface area contributed by atoms with Gasteiger partial charge in [0.15, 0.2) is 11.6 Å². The van der Waals surface area contributed by atoms with Gasteiger partial charge in [-0.25, -0.2) is 4.98 Å². The highest BCUT2D eigenvalue weighted by Gasteiger charge is 2.16. The molecule has 0 saturated heterocycles. The van der Waals surface area contributed by atoms with E-state index < -0.39 is 11.9 Å². The standard InChI is InChI=1S/C15H17N3O3/c1-9-2-7-13(20)14(17-9)18-15(21)12(16)8-10-3-5-11(19)6-4-10/h2-7,12,19-20H,8,16H2,1H3,(H,17,18,21). The van der Waals surface area contributed by atoms with Crippen LogP contribution >= 0.6 is 0 Å². The van der Waals surface area contributed by atoms with Crippen LogP contribution in [-0.2, 0) is 11.2 Å². The highest BCUT2D eigenvalue weighted by molar-refractivity contribution is 5.95. The van der Waals surface area contributed by atoms with Crippen molar-refractivity contribution < 1.29 is 15.0 Å². The smallest absolute Gasteiger partial charge is 0.242 e. The Bertz CT molecular complexity index is 641. The summed E-state index contributed by atoms with van der Waals surface area (Å²) in [5.41, 5.74) is 7.35. The Labute approximate surface area is 122 Å². The molecule has 1 aromatic heterocycles. The minimum absolute atomic E-state index is 0.0983. The van der Waals surface area contributed by atoms with E-state index in [2.05, 4.69) is 10.3 Å². The van der Waals surface area contributed by atoms with E-state index in [0.29, 0.717) is 12.1 Å². The van der Waals surface area contributed by atoms with Gasteiger partial charge in [0.05, 0.1) is 6.04 Å². The van der Waals surface area contributed by atoms with Crippen LogP contribution in [0.15, 0.2) is 36.4 Å². The fourth-order valence-corrected chi connectivity index (χ4v) is 1.83. The Balaban J connectivity index is 2.02. The lowest BCUT2D eigenvalue weighted by Gasteiger charge is -2.13. The molecule has 0 bridgehead atoms. The lowest BCUT2D eigenvalue weighted by atomic mass is 10.1. The maximum atomic E-state index is 12.0. The van der Waals surface area contributed by atoms with E-state index >= 15 is 0 Å². The number of phenolic OH excluding ortho intramolecular Hbond substituents is 1. The minimum Gasteiger partial charge on any atom is -0.508 e. The maximum Gasteiger partial charge on any atom is 0.242 e. The number of aromatic hydroxyl groups is 2. The van der Waals surface area contributed by atoms with E-state index in [1.165, 1.54) is 18.2 Å². The number of nitrogens with two attached hydrogens (primary N) is 1. The van der Waals surface area contributed by atoms with Crippen molar-refractivity contribution in [3.8, 4) is 11.5 Å². The van der Waals surface area contributed by atoms with Crippen LogP contribution in [-0.4, -0.2) is 27.1 Å². The number of aromatic nitrogens is 1. The summed E-state index contributed by atoms with van der Waals surface area (Å²) in [6.07, 6.45) is 0.318. The third-order valence-electron chi connectivity index (χ3n) is 2.98. The third-order valence-corrected chi connectivity index (χ3v) is 2.98. The topological polar surface area (TPSA) is 108 Å². The monoisotopic (exact) mass is 287 g/mol. The average molecular weight is 287 g/mol. The van der Waals surface area contributed by atoms with E-state index in [0.717, 1.165) is 5.56 Å². The van der Waals surface area contributed by atoms with Crippen molar-refractivity contribution in [3.63, 3.8) is 0 Å². The quantitative estimate of drug-likeness (QED) is 0.678. The number of nitrogens with zero attached hydrogens (tertiary/aromatic N) is 1. The SMILES string of the molecule is Cc1ccc(O)c(NC(=O)C(N)Cc2ccc(O)cc2)n1. The maximum absolute atomic E-state index is 12.0. The van der Waals surface area contributed by atoms with Crippen molar-refractivity contribution in [2.24, 2.45) is 5.73 Å². The summed E-state index contributed by atoms with van der Waals surface area (Å²) in [5.74, 6) is -0.283. The summed E-state index contributed by atoms with van der Waals surface area (Å²) in [5, 5.41) is 21.4. The van der Waals surface area contributed by atoms with Crippen LogP contribution in [0, 0.1) is 6.92 Å².